The van der Waals surface area contributed by atoms with Gasteiger partial charge in [0.25, 0.3) is 0 Å². The number of carbonyl (C=O) groups is 1. The highest BCUT2D eigenvalue weighted by Crippen LogP contribution is 2.53. The number of nitrogens with zero attached hydrogens (tertiary/aromatic N) is 1. The number of nitrogens with one attached hydrogen (secondary N) is 2. The van der Waals surface area contributed by atoms with Gasteiger partial charge in [0.1, 0.15) is 0 Å². The van der Waals surface area contributed by atoms with Crippen LogP contribution in [0.1, 0.15) is 55.9 Å². The summed E-state index contributed by atoms with van der Waals surface area (Å²) in [4.78, 5) is 16.6. The van der Waals surface area contributed by atoms with Crippen LogP contribution >= 0.6 is 11.3 Å². The molecule has 1 saturated heterocycles. The van der Waals surface area contributed by atoms with E-state index >= 15 is 0 Å². The van der Waals surface area contributed by atoms with E-state index in [4.69, 9.17) is 0 Å². The number of likely N-dealkylation sites (tertiary alicyclic amines) is 1. The summed E-state index contributed by atoms with van der Waals surface area (Å²) in [5.41, 5.74) is 0. The standard InChI is InChI=1S/C21H31N3OS/c25-21(23-20-16-9-14-8-15(11-16)12-17(20)10-14)22-13-18(19-4-3-7-26-19)24-5-1-2-6-24/h3-4,7,14-18,20H,1-2,5-6,8-13H2,(H2,22,23,25). The molecule has 0 spiro atoms. The Morgan fingerprint density at radius 3 is 2.42 bits per heavy atom. The molecule has 1 aliphatic heterocycles. The minimum absolute atomic E-state index is 0.0585. The first kappa shape index (κ1) is 17.1. The first-order chi connectivity index (χ1) is 12.8. The largest absolute Gasteiger partial charge is 0.336 e. The molecule has 1 atom stereocenters. The molecule has 0 aromatic carbocycles. The summed E-state index contributed by atoms with van der Waals surface area (Å²) in [6.45, 7) is 3.03. The van der Waals surface area contributed by atoms with Crippen LogP contribution in [0, 0.1) is 23.7 Å². The van der Waals surface area contributed by atoms with E-state index in [1.807, 2.05) is 11.3 Å². The normalized spacial score (nSPS) is 37.0. The van der Waals surface area contributed by atoms with Gasteiger partial charge in [-0.3, -0.25) is 4.90 Å². The minimum Gasteiger partial charge on any atom is -0.336 e. The molecule has 142 valence electrons. The Balaban J connectivity index is 1.19. The van der Waals surface area contributed by atoms with Crippen LogP contribution in [0.2, 0.25) is 0 Å². The second-order valence-corrected chi connectivity index (χ2v) is 10.1. The molecule has 4 bridgehead atoms. The molecule has 2 amide bonds. The molecule has 2 heterocycles. The lowest BCUT2D eigenvalue weighted by Gasteiger charge is -2.54. The van der Waals surface area contributed by atoms with Gasteiger partial charge in [0.05, 0.1) is 6.04 Å². The quantitative estimate of drug-likeness (QED) is 0.819. The molecule has 1 aromatic rings. The highest BCUT2D eigenvalue weighted by Gasteiger charge is 2.48. The summed E-state index contributed by atoms with van der Waals surface area (Å²) >= 11 is 1.81. The lowest BCUT2D eigenvalue weighted by molar-refractivity contribution is -0.00946. The number of thiophene rings is 1. The summed E-state index contributed by atoms with van der Waals surface area (Å²) in [6, 6.07) is 5.16. The number of urea groups is 1. The molecule has 5 fully saturated rings. The predicted molar refractivity (Wildman–Crippen MR) is 105 cm³/mol. The van der Waals surface area contributed by atoms with E-state index in [9.17, 15) is 4.79 Å². The zero-order chi connectivity index (χ0) is 17.5. The predicted octanol–water partition coefficient (Wildman–Crippen LogP) is 4.01. The van der Waals surface area contributed by atoms with Gasteiger partial charge in [-0.1, -0.05) is 6.07 Å². The minimum atomic E-state index is 0.0585. The molecule has 26 heavy (non-hydrogen) atoms. The van der Waals surface area contributed by atoms with Crippen molar-refractivity contribution >= 4 is 17.4 Å². The molecule has 5 aliphatic rings. The second kappa shape index (κ2) is 7.16. The lowest BCUT2D eigenvalue weighted by atomic mass is 9.54. The van der Waals surface area contributed by atoms with Crippen molar-refractivity contribution in [3.05, 3.63) is 22.4 Å². The van der Waals surface area contributed by atoms with Gasteiger partial charge in [0.15, 0.2) is 0 Å². The van der Waals surface area contributed by atoms with Crippen LogP contribution in [-0.2, 0) is 0 Å². The van der Waals surface area contributed by atoms with Crippen molar-refractivity contribution in [1.82, 2.24) is 15.5 Å². The van der Waals surface area contributed by atoms with Crippen LogP contribution < -0.4 is 10.6 Å². The van der Waals surface area contributed by atoms with Crippen molar-refractivity contribution < 1.29 is 4.79 Å². The van der Waals surface area contributed by atoms with Crippen LogP contribution in [0.25, 0.3) is 0 Å². The van der Waals surface area contributed by atoms with Crippen molar-refractivity contribution in [2.24, 2.45) is 23.7 Å². The molecular formula is C21H31N3OS. The average molecular weight is 374 g/mol. The van der Waals surface area contributed by atoms with E-state index in [-0.39, 0.29) is 6.03 Å². The van der Waals surface area contributed by atoms with E-state index in [1.54, 1.807) is 0 Å². The Morgan fingerprint density at radius 2 is 1.81 bits per heavy atom. The molecule has 4 nitrogen and oxygen atoms in total. The van der Waals surface area contributed by atoms with Gasteiger partial charge in [0, 0.05) is 17.5 Å². The summed E-state index contributed by atoms with van der Waals surface area (Å²) < 4.78 is 0. The first-order valence-electron chi connectivity index (χ1n) is 10.6. The Bertz CT molecular complexity index is 597. The van der Waals surface area contributed by atoms with Gasteiger partial charge in [-0.15, -0.1) is 11.3 Å². The van der Waals surface area contributed by atoms with E-state index in [0.29, 0.717) is 12.1 Å². The molecule has 2 N–H and O–H groups in total. The van der Waals surface area contributed by atoms with Crippen molar-refractivity contribution in [1.29, 1.82) is 0 Å². The highest BCUT2D eigenvalue weighted by molar-refractivity contribution is 7.10. The summed E-state index contributed by atoms with van der Waals surface area (Å²) in [5, 5.41) is 8.76. The van der Waals surface area contributed by atoms with E-state index in [1.165, 1.54) is 49.8 Å². The lowest BCUT2D eigenvalue weighted by Crippen LogP contribution is -2.57. The fraction of sp³-hybridized carbons (Fsp3) is 0.762. The van der Waals surface area contributed by atoms with E-state index in [0.717, 1.165) is 43.3 Å². The maximum Gasteiger partial charge on any atom is 0.315 e. The fourth-order valence-corrected chi connectivity index (χ4v) is 7.36. The third kappa shape index (κ3) is 3.29. The fourth-order valence-electron chi connectivity index (χ4n) is 6.50. The Morgan fingerprint density at radius 1 is 1.12 bits per heavy atom. The number of carbonyl (C=O) groups excluding carboxylic acids is 1. The third-order valence-corrected chi connectivity index (χ3v) is 8.41. The smallest absolute Gasteiger partial charge is 0.315 e. The SMILES string of the molecule is O=C(NCC(c1cccs1)N1CCCC1)NC1C2CC3CC(C2)CC1C3. The van der Waals surface area contributed by atoms with Gasteiger partial charge in [0.2, 0.25) is 0 Å². The summed E-state index contributed by atoms with van der Waals surface area (Å²) in [6.07, 6.45) is 9.42. The zero-order valence-electron chi connectivity index (χ0n) is 15.5. The number of rotatable bonds is 5. The maximum absolute atomic E-state index is 12.7. The number of hydrogen-bond acceptors (Lipinski definition) is 3. The Labute approximate surface area is 160 Å². The first-order valence-corrected chi connectivity index (χ1v) is 11.5. The molecule has 4 aliphatic carbocycles. The van der Waals surface area contributed by atoms with Crippen LogP contribution in [-0.4, -0.2) is 36.6 Å². The van der Waals surface area contributed by atoms with Crippen molar-refractivity contribution in [2.45, 2.75) is 57.0 Å². The highest BCUT2D eigenvalue weighted by atomic mass is 32.1. The summed E-state index contributed by atoms with van der Waals surface area (Å²) in [7, 11) is 0. The second-order valence-electron chi connectivity index (χ2n) is 9.09. The van der Waals surface area contributed by atoms with Gasteiger partial charge >= 0.3 is 6.03 Å². The van der Waals surface area contributed by atoms with Crippen LogP contribution in [0.15, 0.2) is 17.5 Å². The third-order valence-electron chi connectivity index (χ3n) is 7.43. The van der Waals surface area contributed by atoms with Crippen LogP contribution in [0.3, 0.4) is 0 Å². The van der Waals surface area contributed by atoms with Crippen LogP contribution in [0.5, 0.6) is 0 Å². The monoisotopic (exact) mass is 373 g/mol. The van der Waals surface area contributed by atoms with Gasteiger partial charge in [-0.25, -0.2) is 4.79 Å². The van der Waals surface area contributed by atoms with Crippen molar-refractivity contribution in [3.8, 4) is 0 Å². The van der Waals surface area contributed by atoms with Gasteiger partial charge in [-0.05, 0) is 93.2 Å². The molecule has 6 rings (SSSR count). The van der Waals surface area contributed by atoms with Gasteiger partial charge in [-0.2, -0.15) is 0 Å². The van der Waals surface area contributed by atoms with Gasteiger partial charge < -0.3 is 10.6 Å². The van der Waals surface area contributed by atoms with Crippen molar-refractivity contribution in [2.75, 3.05) is 19.6 Å². The molecular weight excluding hydrogens is 342 g/mol. The topological polar surface area (TPSA) is 44.4 Å². The Hall–Kier alpha value is -1.07. The molecule has 1 aromatic heterocycles. The Kier molecular flexibility index (Phi) is 4.70. The number of amides is 2. The average Bonchev–Trinajstić information content (AvgIpc) is 3.32. The summed E-state index contributed by atoms with van der Waals surface area (Å²) in [5.74, 6) is 3.39. The maximum atomic E-state index is 12.7. The van der Waals surface area contributed by atoms with Crippen molar-refractivity contribution in [3.63, 3.8) is 0 Å². The molecule has 0 radical (unpaired) electrons. The molecule has 1 unspecified atom stereocenters. The molecule has 5 heteroatoms. The van der Waals surface area contributed by atoms with E-state index in [2.05, 4.69) is 33.0 Å². The van der Waals surface area contributed by atoms with E-state index < -0.39 is 0 Å². The zero-order valence-corrected chi connectivity index (χ0v) is 16.3. The number of hydrogen-bond donors (Lipinski definition) is 2. The van der Waals surface area contributed by atoms with Crippen LogP contribution in [0.4, 0.5) is 4.79 Å². The molecule has 4 saturated carbocycles.